The molecular weight excluding hydrogens is 158 g/mol. The molecular formula is C9H20ClN. The van der Waals surface area contributed by atoms with Gasteiger partial charge in [-0.1, -0.05) is 33.3 Å². The van der Waals surface area contributed by atoms with Crippen LogP contribution in [0.3, 0.4) is 0 Å². The van der Waals surface area contributed by atoms with E-state index in [1.807, 2.05) is 0 Å². The molecule has 0 aliphatic rings. The highest BCUT2D eigenvalue weighted by Gasteiger charge is 1.82. The van der Waals surface area contributed by atoms with Gasteiger partial charge in [0.2, 0.25) is 0 Å². The van der Waals surface area contributed by atoms with Crippen molar-refractivity contribution in [2.45, 2.75) is 33.6 Å². The van der Waals surface area contributed by atoms with Crippen LogP contribution in [-0.2, 0) is 0 Å². The Hall–Kier alpha value is -0.170. The molecule has 0 saturated heterocycles. The number of rotatable bonds is 5. The van der Waals surface area contributed by atoms with Gasteiger partial charge in [-0.25, -0.2) is 0 Å². The van der Waals surface area contributed by atoms with E-state index in [2.05, 4.69) is 38.4 Å². The van der Waals surface area contributed by atoms with Crippen LogP contribution in [0.2, 0.25) is 0 Å². The average molecular weight is 178 g/mol. The molecule has 11 heavy (non-hydrogen) atoms. The van der Waals surface area contributed by atoms with Crippen LogP contribution in [0.4, 0.5) is 0 Å². The third-order valence-corrected chi connectivity index (χ3v) is 1.27. The number of halogens is 1. The van der Waals surface area contributed by atoms with Crippen molar-refractivity contribution in [3.05, 3.63) is 12.3 Å². The van der Waals surface area contributed by atoms with Gasteiger partial charge >= 0.3 is 0 Å². The van der Waals surface area contributed by atoms with Gasteiger partial charge in [0.1, 0.15) is 0 Å². The first-order valence-electron chi connectivity index (χ1n) is 4.17. The van der Waals surface area contributed by atoms with Gasteiger partial charge in [-0.2, -0.15) is 0 Å². The van der Waals surface area contributed by atoms with Gasteiger partial charge in [0.15, 0.2) is 0 Å². The molecule has 1 N–H and O–H groups in total. The summed E-state index contributed by atoms with van der Waals surface area (Å²) in [6, 6.07) is 0. The van der Waals surface area contributed by atoms with Gasteiger partial charge < -0.3 is 5.32 Å². The molecule has 0 rings (SSSR count). The molecule has 0 aromatic carbocycles. The third-order valence-electron chi connectivity index (χ3n) is 1.27. The maximum Gasteiger partial charge on any atom is 0.0141 e. The van der Waals surface area contributed by atoms with Crippen molar-refractivity contribution in [2.24, 2.45) is 5.92 Å². The number of unbranched alkanes of at least 4 members (excludes halogenated alkanes) is 1. The Bertz CT molecular complexity index is 89.6. The summed E-state index contributed by atoms with van der Waals surface area (Å²) in [6.07, 6.45) is 6.76. The molecule has 0 radical (unpaired) electrons. The van der Waals surface area contributed by atoms with E-state index in [0.29, 0.717) is 5.92 Å². The van der Waals surface area contributed by atoms with Crippen LogP contribution in [-0.4, -0.2) is 6.54 Å². The zero-order chi connectivity index (χ0) is 7.82. The lowest BCUT2D eigenvalue weighted by Gasteiger charge is -1.98. The molecule has 0 aromatic rings. The van der Waals surface area contributed by atoms with Gasteiger partial charge in [0.25, 0.3) is 0 Å². The molecule has 0 spiro atoms. The molecule has 1 nitrogen and oxygen atoms in total. The van der Waals surface area contributed by atoms with Crippen molar-refractivity contribution in [3.8, 4) is 0 Å². The summed E-state index contributed by atoms with van der Waals surface area (Å²) in [5.74, 6) is 0.661. The highest BCUT2D eigenvalue weighted by molar-refractivity contribution is 5.85. The minimum atomic E-state index is 0. The Morgan fingerprint density at radius 3 is 2.45 bits per heavy atom. The van der Waals surface area contributed by atoms with Crippen LogP contribution >= 0.6 is 12.4 Å². The third kappa shape index (κ3) is 12.9. The van der Waals surface area contributed by atoms with E-state index < -0.39 is 0 Å². The first-order valence-corrected chi connectivity index (χ1v) is 4.17. The van der Waals surface area contributed by atoms with E-state index in [1.165, 1.54) is 12.8 Å². The van der Waals surface area contributed by atoms with Crippen LogP contribution in [0.5, 0.6) is 0 Å². The number of hydrogen-bond donors (Lipinski definition) is 1. The summed E-state index contributed by atoms with van der Waals surface area (Å²) in [7, 11) is 0. The highest BCUT2D eigenvalue weighted by atomic mass is 35.5. The van der Waals surface area contributed by atoms with Crippen LogP contribution in [0, 0.1) is 5.92 Å². The minimum absolute atomic E-state index is 0. The molecule has 0 atom stereocenters. The predicted molar refractivity (Wildman–Crippen MR) is 54.1 cm³/mol. The van der Waals surface area contributed by atoms with Crippen molar-refractivity contribution in [3.63, 3.8) is 0 Å². The molecule has 68 valence electrons. The fraction of sp³-hybridized carbons (Fsp3) is 0.778. The van der Waals surface area contributed by atoms with Gasteiger partial charge in [0.05, 0.1) is 0 Å². The highest BCUT2D eigenvalue weighted by Crippen LogP contribution is 1.91. The number of nitrogens with one attached hydrogen (secondary N) is 1. The zero-order valence-corrected chi connectivity index (χ0v) is 8.58. The number of hydrogen-bond acceptors (Lipinski definition) is 1. The van der Waals surface area contributed by atoms with Gasteiger partial charge in [-0.05, 0) is 18.5 Å². The molecule has 0 saturated carbocycles. The molecule has 0 bridgehead atoms. The van der Waals surface area contributed by atoms with E-state index in [9.17, 15) is 0 Å². The first kappa shape index (κ1) is 13.4. The summed E-state index contributed by atoms with van der Waals surface area (Å²) < 4.78 is 0. The lowest BCUT2D eigenvalue weighted by Crippen LogP contribution is -2.06. The summed E-state index contributed by atoms with van der Waals surface area (Å²) >= 11 is 0. The monoisotopic (exact) mass is 177 g/mol. The van der Waals surface area contributed by atoms with Gasteiger partial charge in [0, 0.05) is 6.54 Å². The Morgan fingerprint density at radius 2 is 2.00 bits per heavy atom. The second-order valence-corrected chi connectivity index (χ2v) is 2.91. The molecule has 0 unspecified atom stereocenters. The van der Waals surface area contributed by atoms with Crippen molar-refractivity contribution >= 4 is 12.4 Å². The lowest BCUT2D eigenvalue weighted by atomic mass is 10.2. The first-order chi connectivity index (χ1) is 4.77. The second kappa shape index (κ2) is 9.83. The van der Waals surface area contributed by atoms with E-state index in [1.54, 1.807) is 0 Å². The molecule has 2 heteroatoms. The summed E-state index contributed by atoms with van der Waals surface area (Å²) in [4.78, 5) is 0. The average Bonchev–Trinajstić information content (AvgIpc) is 1.87. The lowest BCUT2D eigenvalue weighted by molar-refractivity contribution is 0.726. The van der Waals surface area contributed by atoms with Crippen molar-refractivity contribution in [1.29, 1.82) is 0 Å². The van der Waals surface area contributed by atoms with E-state index in [4.69, 9.17) is 0 Å². The Morgan fingerprint density at radius 1 is 1.36 bits per heavy atom. The maximum atomic E-state index is 3.24. The fourth-order valence-electron chi connectivity index (χ4n) is 0.623. The van der Waals surface area contributed by atoms with Crippen LogP contribution in [0.25, 0.3) is 0 Å². The topological polar surface area (TPSA) is 12.0 Å². The Labute approximate surface area is 76.7 Å². The summed E-state index contributed by atoms with van der Waals surface area (Å²) in [6.45, 7) is 7.67. The van der Waals surface area contributed by atoms with Crippen molar-refractivity contribution in [2.75, 3.05) is 6.54 Å². The summed E-state index contributed by atoms with van der Waals surface area (Å²) in [5, 5.41) is 3.24. The van der Waals surface area contributed by atoms with Crippen LogP contribution in [0.1, 0.15) is 33.6 Å². The van der Waals surface area contributed by atoms with E-state index >= 15 is 0 Å². The van der Waals surface area contributed by atoms with Crippen LogP contribution < -0.4 is 5.32 Å². The SMILES string of the molecule is CCCCNC=CC(C)C.Cl. The molecule has 0 amide bonds. The quantitative estimate of drug-likeness (QED) is 0.637. The van der Waals surface area contributed by atoms with Crippen molar-refractivity contribution in [1.82, 2.24) is 5.32 Å². The maximum absolute atomic E-state index is 3.24. The van der Waals surface area contributed by atoms with Gasteiger partial charge in [-0.3, -0.25) is 0 Å². The Balaban J connectivity index is 0. The van der Waals surface area contributed by atoms with Crippen LogP contribution in [0.15, 0.2) is 12.3 Å². The minimum Gasteiger partial charge on any atom is -0.391 e. The van der Waals surface area contributed by atoms with E-state index in [-0.39, 0.29) is 12.4 Å². The standard InChI is InChI=1S/C9H19N.ClH/c1-4-5-7-10-8-6-9(2)3;/h6,8-10H,4-5,7H2,1-3H3;1H. The number of allylic oxidation sites excluding steroid dienone is 1. The molecule has 0 aliphatic carbocycles. The largest absolute Gasteiger partial charge is 0.391 e. The molecule has 0 heterocycles. The zero-order valence-electron chi connectivity index (χ0n) is 7.76. The normalized spacial score (nSPS) is 10.2. The molecule has 0 fully saturated rings. The summed E-state index contributed by atoms with van der Waals surface area (Å²) in [5.41, 5.74) is 0. The Kier molecular flexibility index (Phi) is 12.0. The smallest absolute Gasteiger partial charge is 0.0141 e. The molecule has 0 aromatic heterocycles. The molecule has 0 aliphatic heterocycles. The second-order valence-electron chi connectivity index (χ2n) is 2.91. The van der Waals surface area contributed by atoms with Crippen molar-refractivity contribution < 1.29 is 0 Å². The fourth-order valence-corrected chi connectivity index (χ4v) is 0.623. The predicted octanol–water partition coefficient (Wildman–Crippen LogP) is 2.97. The van der Waals surface area contributed by atoms with Gasteiger partial charge in [-0.15, -0.1) is 12.4 Å². The van der Waals surface area contributed by atoms with E-state index in [0.717, 1.165) is 6.54 Å².